The van der Waals surface area contributed by atoms with Gasteiger partial charge in [0.2, 0.25) is 0 Å². The molecule has 4 atom stereocenters. The summed E-state index contributed by atoms with van der Waals surface area (Å²) in [6, 6.07) is -1.15. The number of halogens is 1. The molecule has 0 spiro atoms. The van der Waals surface area contributed by atoms with Crippen LogP contribution >= 0.6 is 7.75 Å². The molecule has 1 aliphatic rings. The van der Waals surface area contributed by atoms with E-state index in [9.17, 15) is 28.8 Å². The van der Waals surface area contributed by atoms with Crippen molar-refractivity contribution >= 4 is 36.7 Å². The Kier molecular flexibility index (Phi) is 9.35. The molecule has 212 valence electrons. The number of esters is 2. The molecule has 0 radical (unpaired) electrons. The summed E-state index contributed by atoms with van der Waals surface area (Å²) in [5, 5.41) is 23.6. The molecule has 1 fully saturated rings. The lowest BCUT2D eigenvalue weighted by Gasteiger charge is -2.27. The average molecular weight is 564 g/mol. The number of fused-ring (bicyclic) bond motifs is 1. The third-order valence-electron chi connectivity index (χ3n) is 5.53. The predicted octanol–water partition coefficient (Wildman–Crippen LogP) is 0.00760. The fourth-order valence-electron chi connectivity index (χ4n) is 3.67. The van der Waals surface area contributed by atoms with E-state index in [4.69, 9.17) is 24.3 Å². The smallest absolute Gasteiger partial charge is 0.406 e. The maximum atomic E-state index is 13.7. The lowest BCUT2D eigenvalue weighted by Crippen LogP contribution is -2.42. The van der Waals surface area contributed by atoms with Crippen molar-refractivity contribution in [2.45, 2.75) is 50.8 Å². The number of rotatable bonds is 12. The Morgan fingerprint density at radius 1 is 1.32 bits per heavy atom. The number of nitrogen functional groups attached to an aromatic ring is 1. The number of carbonyl (C=O) groups excluding carboxylic acids is 2. The second kappa shape index (κ2) is 11.9. The van der Waals surface area contributed by atoms with Gasteiger partial charge in [-0.1, -0.05) is 13.8 Å². The molecule has 1 saturated heterocycles. The van der Waals surface area contributed by atoms with Crippen LogP contribution in [0.5, 0.6) is 0 Å². The first kappa shape index (κ1) is 29.8. The molecular weight excluding hydrogens is 534 g/mol. The Hall–Kier alpha value is -2.79. The highest BCUT2D eigenvalue weighted by Crippen LogP contribution is 2.47. The average Bonchev–Trinajstić information content (AvgIpc) is 3.40. The van der Waals surface area contributed by atoms with Crippen molar-refractivity contribution in [2.75, 3.05) is 33.2 Å². The fraction of sp³-hybridized carbons (Fsp3) is 0.650. The zero-order valence-corrected chi connectivity index (χ0v) is 22.0. The van der Waals surface area contributed by atoms with Crippen molar-refractivity contribution < 1.29 is 52.0 Å². The molecule has 3 heterocycles. The van der Waals surface area contributed by atoms with Crippen LogP contribution in [0.15, 0.2) is 6.33 Å². The lowest BCUT2D eigenvalue weighted by atomic mass is 10.1. The van der Waals surface area contributed by atoms with Crippen molar-refractivity contribution in [2.24, 2.45) is 5.92 Å². The summed E-state index contributed by atoms with van der Waals surface area (Å²) in [6.07, 6.45) is -2.83. The minimum atomic E-state index is -4.47. The van der Waals surface area contributed by atoms with Crippen LogP contribution in [0, 0.1) is 12.0 Å². The molecule has 5 N–H and O–H groups in total. The van der Waals surface area contributed by atoms with Crippen LogP contribution in [0.1, 0.15) is 32.9 Å². The van der Waals surface area contributed by atoms with Crippen LogP contribution in [0.4, 0.5) is 10.2 Å². The fourth-order valence-corrected chi connectivity index (χ4v) is 5.10. The molecule has 0 bridgehead atoms. The summed E-state index contributed by atoms with van der Waals surface area (Å²) in [6.45, 7) is 2.08. The third-order valence-corrected chi connectivity index (χ3v) is 7.11. The van der Waals surface area contributed by atoms with Gasteiger partial charge in [-0.25, -0.2) is 19.4 Å². The molecule has 16 nitrogen and oxygen atoms in total. The molecule has 2 aromatic rings. The SMILES string of the molecule is COC(=O)COP(=O)(N[C@@H](CC(C)C)C(=O)OC)OC[C@H]1O[C@@H](n2cnc3c(N)nc(F)nc32)CC1(O)O. The monoisotopic (exact) mass is 564 g/mol. The zero-order chi connectivity index (χ0) is 28.3. The lowest BCUT2D eigenvalue weighted by molar-refractivity contribution is -0.201. The van der Waals surface area contributed by atoms with E-state index in [0.717, 1.165) is 14.2 Å². The number of imidazole rings is 1. The number of hydrogen-bond acceptors (Lipinski definition) is 14. The Morgan fingerprint density at radius 2 is 2.03 bits per heavy atom. The van der Waals surface area contributed by atoms with Crippen molar-refractivity contribution in [1.29, 1.82) is 0 Å². The van der Waals surface area contributed by atoms with Crippen LogP contribution in [-0.2, 0) is 37.4 Å². The van der Waals surface area contributed by atoms with Gasteiger partial charge >= 0.3 is 25.8 Å². The molecular formula is C20H30FN6O10P. The van der Waals surface area contributed by atoms with Crippen LogP contribution in [0.3, 0.4) is 0 Å². The highest BCUT2D eigenvalue weighted by atomic mass is 31.2. The highest BCUT2D eigenvalue weighted by Gasteiger charge is 2.49. The van der Waals surface area contributed by atoms with E-state index >= 15 is 0 Å². The second-order valence-corrected chi connectivity index (χ2v) is 10.6. The minimum Gasteiger partial charge on any atom is -0.468 e. The number of nitrogens with zero attached hydrogens (tertiary/aromatic N) is 4. The summed E-state index contributed by atoms with van der Waals surface area (Å²) in [5.41, 5.74) is 5.68. The van der Waals surface area contributed by atoms with Crippen LogP contribution in [0.25, 0.3) is 11.2 Å². The second-order valence-electron chi connectivity index (χ2n) is 8.84. The van der Waals surface area contributed by atoms with Crippen LogP contribution in [0.2, 0.25) is 0 Å². The van der Waals surface area contributed by atoms with Gasteiger partial charge in [-0.3, -0.25) is 18.4 Å². The molecule has 2 aromatic heterocycles. The van der Waals surface area contributed by atoms with E-state index in [0.29, 0.717) is 0 Å². The number of hydrogen-bond donors (Lipinski definition) is 4. The molecule has 18 heteroatoms. The number of ether oxygens (including phenoxy) is 3. The first-order valence-electron chi connectivity index (χ1n) is 11.4. The largest absolute Gasteiger partial charge is 0.468 e. The van der Waals surface area contributed by atoms with E-state index in [1.165, 1.54) is 10.9 Å². The van der Waals surface area contributed by atoms with Crippen molar-refractivity contribution in [3.8, 4) is 0 Å². The molecule has 0 saturated carbocycles. The molecule has 0 amide bonds. The number of nitrogens with one attached hydrogen (secondary N) is 1. The molecule has 0 aromatic carbocycles. The van der Waals surface area contributed by atoms with Gasteiger partial charge in [-0.15, -0.1) is 0 Å². The number of aromatic nitrogens is 4. The van der Waals surface area contributed by atoms with Gasteiger partial charge in [-0.05, 0) is 12.3 Å². The van der Waals surface area contributed by atoms with Crippen molar-refractivity contribution in [1.82, 2.24) is 24.6 Å². The van der Waals surface area contributed by atoms with Gasteiger partial charge in [0.15, 0.2) is 29.4 Å². The maximum Gasteiger partial charge on any atom is 0.406 e. The minimum absolute atomic E-state index is 0.0465. The summed E-state index contributed by atoms with van der Waals surface area (Å²) >= 11 is 0. The van der Waals surface area contributed by atoms with Gasteiger partial charge in [-0.2, -0.15) is 14.4 Å². The first-order valence-corrected chi connectivity index (χ1v) is 12.9. The Bertz CT molecular complexity index is 1210. The van der Waals surface area contributed by atoms with E-state index < -0.39 is 69.6 Å². The number of aliphatic hydroxyl groups is 2. The van der Waals surface area contributed by atoms with Gasteiger partial charge in [0.1, 0.15) is 18.4 Å². The third kappa shape index (κ3) is 6.99. The number of anilines is 1. The normalized spacial score (nSPS) is 21.4. The number of carbonyl (C=O) groups is 2. The highest BCUT2D eigenvalue weighted by molar-refractivity contribution is 7.51. The van der Waals surface area contributed by atoms with Gasteiger partial charge < -0.3 is 30.2 Å². The molecule has 3 rings (SSSR count). The van der Waals surface area contributed by atoms with E-state index in [-0.39, 0.29) is 29.3 Å². The van der Waals surface area contributed by atoms with Gasteiger partial charge in [0.25, 0.3) is 0 Å². The summed E-state index contributed by atoms with van der Waals surface area (Å²) in [4.78, 5) is 34.9. The van der Waals surface area contributed by atoms with Gasteiger partial charge in [0.05, 0.1) is 27.2 Å². The Labute approximate surface area is 216 Å². The quantitative estimate of drug-likeness (QED) is 0.115. The molecule has 38 heavy (non-hydrogen) atoms. The Balaban J connectivity index is 1.80. The topological polar surface area (TPSA) is 219 Å². The summed E-state index contributed by atoms with van der Waals surface area (Å²) in [7, 11) is -2.24. The number of methoxy groups -OCH3 is 2. The summed E-state index contributed by atoms with van der Waals surface area (Å²) < 4.78 is 53.8. The van der Waals surface area contributed by atoms with Crippen molar-refractivity contribution in [3.05, 3.63) is 12.4 Å². The Morgan fingerprint density at radius 3 is 2.66 bits per heavy atom. The molecule has 1 aliphatic heterocycles. The van der Waals surface area contributed by atoms with Gasteiger partial charge in [0, 0.05) is 6.42 Å². The van der Waals surface area contributed by atoms with E-state index in [1.54, 1.807) is 13.8 Å². The molecule has 0 aliphatic carbocycles. The van der Waals surface area contributed by atoms with Crippen LogP contribution < -0.4 is 10.8 Å². The zero-order valence-electron chi connectivity index (χ0n) is 21.1. The maximum absolute atomic E-state index is 13.7. The summed E-state index contributed by atoms with van der Waals surface area (Å²) in [5.74, 6) is -4.44. The van der Waals surface area contributed by atoms with E-state index in [1.807, 2.05) is 0 Å². The standard InChI is InChI=1S/C20H30FN6O10P/c1-10(2)5-11(18(29)34-4)26-38(32,36-8-14(28)33-3)35-7-12-20(30,31)6-13(37-12)27-9-23-15-16(22)24-19(21)25-17(15)27/h9-13,30-31H,5-8H2,1-4H3,(H,26,32)(H2,22,24,25)/t11-,12+,13+,38?/m0/s1. The van der Waals surface area contributed by atoms with Crippen molar-refractivity contribution in [3.63, 3.8) is 0 Å². The van der Waals surface area contributed by atoms with Crippen LogP contribution in [-0.4, -0.2) is 87.0 Å². The van der Waals surface area contributed by atoms with E-state index in [2.05, 4.69) is 24.8 Å². The first-order chi connectivity index (χ1) is 17.8. The number of nitrogens with two attached hydrogens (primary N) is 1. The molecule has 1 unspecified atom stereocenters. The predicted molar refractivity (Wildman–Crippen MR) is 125 cm³/mol.